The van der Waals surface area contributed by atoms with Gasteiger partial charge in [-0.25, -0.2) is 8.42 Å². The summed E-state index contributed by atoms with van der Waals surface area (Å²) in [5.74, 6) is -0.214. The molecule has 1 amide bonds. The molecule has 0 aromatic heterocycles. The average molecular weight is 387 g/mol. The van der Waals surface area contributed by atoms with Crippen LogP contribution < -0.4 is 5.32 Å². The molecule has 1 heterocycles. The molecule has 1 aliphatic heterocycles. The third-order valence-corrected chi connectivity index (χ3v) is 6.98. The molecule has 0 saturated carbocycles. The highest BCUT2D eigenvalue weighted by molar-refractivity contribution is 7.89. The molecule has 3 rings (SSSR count). The second-order valence-electron chi connectivity index (χ2n) is 7.19. The normalized spacial score (nSPS) is 16.3. The van der Waals surface area contributed by atoms with Crippen LogP contribution in [0.4, 0.5) is 0 Å². The molecule has 2 aromatic rings. The maximum absolute atomic E-state index is 12.6. The molecule has 27 heavy (non-hydrogen) atoms. The largest absolute Gasteiger partial charge is 0.346 e. The number of nitrogens with one attached hydrogen (secondary N) is 1. The van der Waals surface area contributed by atoms with Gasteiger partial charge in [-0.1, -0.05) is 23.8 Å². The van der Waals surface area contributed by atoms with E-state index in [0.717, 1.165) is 29.5 Å². The van der Waals surface area contributed by atoms with Gasteiger partial charge >= 0.3 is 0 Å². The standard InChI is InChI=1S/C21H26N2O3S/c1-15-6-7-16(2)20(14-15)17(3)22-21(24)18-8-10-19(11-9-18)27(25,26)23-12-4-5-13-23/h6-11,14,17H,4-5,12-13H2,1-3H3,(H,22,24). The summed E-state index contributed by atoms with van der Waals surface area (Å²) in [6.07, 6.45) is 1.80. The molecule has 1 saturated heterocycles. The Hall–Kier alpha value is -2.18. The van der Waals surface area contributed by atoms with Crippen molar-refractivity contribution in [2.75, 3.05) is 13.1 Å². The van der Waals surface area contributed by atoms with Gasteiger partial charge in [0.05, 0.1) is 10.9 Å². The van der Waals surface area contributed by atoms with Crippen LogP contribution in [0.2, 0.25) is 0 Å². The van der Waals surface area contributed by atoms with E-state index in [1.807, 2.05) is 32.9 Å². The number of carbonyl (C=O) groups is 1. The quantitative estimate of drug-likeness (QED) is 0.854. The fraction of sp³-hybridized carbons (Fsp3) is 0.381. The Bertz CT molecular complexity index is 930. The van der Waals surface area contributed by atoms with E-state index >= 15 is 0 Å². The Kier molecular flexibility index (Phi) is 5.67. The Labute approximate surface area is 161 Å². The first kappa shape index (κ1) is 19.6. The summed E-state index contributed by atoms with van der Waals surface area (Å²) >= 11 is 0. The molecule has 5 nitrogen and oxygen atoms in total. The van der Waals surface area contributed by atoms with Crippen LogP contribution in [0, 0.1) is 13.8 Å². The minimum absolute atomic E-state index is 0.134. The number of nitrogens with zero attached hydrogens (tertiary/aromatic N) is 1. The zero-order chi connectivity index (χ0) is 19.6. The Balaban J connectivity index is 1.73. The number of carbonyl (C=O) groups excluding carboxylic acids is 1. The van der Waals surface area contributed by atoms with Crippen LogP contribution in [-0.2, 0) is 10.0 Å². The second-order valence-corrected chi connectivity index (χ2v) is 9.13. The Morgan fingerprint density at radius 3 is 2.30 bits per heavy atom. The fourth-order valence-electron chi connectivity index (χ4n) is 3.44. The van der Waals surface area contributed by atoms with Crippen LogP contribution in [0.15, 0.2) is 47.4 Å². The van der Waals surface area contributed by atoms with Crippen molar-refractivity contribution in [3.05, 3.63) is 64.7 Å². The number of benzene rings is 2. The van der Waals surface area contributed by atoms with E-state index in [1.165, 1.54) is 16.4 Å². The Morgan fingerprint density at radius 1 is 1.04 bits per heavy atom. The van der Waals surface area contributed by atoms with Crippen LogP contribution in [0.25, 0.3) is 0 Å². The van der Waals surface area contributed by atoms with Gasteiger partial charge in [-0.2, -0.15) is 4.31 Å². The van der Waals surface area contributed by atoms with Crippen molar-refractivity contribution < 1.29 is 13.2 Å². The first-order chi connectivity index (χ1) is 12.8. The lowest BCUT2D eigenvalue weighted by atomic mass is 10.00. The summed E-state index contributed by atoms with van der Waals surface area (Å²) in [7, 11) is -3.46. The summed E-state index contributed by atoms with van der Waals surface area (Å²) in [6, 6.07) is 12.2. The van der Waals surface area contributed by atoms with Gasteiger partial charge in [-0.05, 0) is 69.0 Å². The zero-order valence-electron chi connectivity index (χ0n) is 16.0. The van der Waals surface area contributed by atoms with Crippen molar-refractivity contribution in [3.8, 4) is 0 Å². The number of amides is 1. The summed E-state index contributed by atoms with van der Waals surface area (Å²) in [5, 5.41) is 3.00. The van der Waals surface area contributed by atoms with E-state index in [1.54, 1.807) is 12.1 Å². The van der Waals surface area contributed by atoms with Crippen LogP contribution in [0.1, 0.15) is 52.9 Å². The molecule has 6 heteroatoms. The van der Waals surface area contributed by atoms with Crippen LogP contribution >= 0.6 is 0 Å². The third-order valence-electron chi connectivity index (χ3n) is 5.07. The van der Waals surface area contributed by atoms with Gasteiger partial charge < -0.3 is 5.32 Å². The molecule has 1 atom stereocenters. The van der Waals surface area contributed by atoms with Gasteiger partial charge in [0.25, 0.3) is 5.91 Å². The molecule has 0 radical (unpaired) electrons. The van der Waals surface area contributed by atoms with Gasteiger partial charge in [-0.15, -0.1) is 0 Å². The monoisotopic (exact) mass is 386 g/mol. The maximum atomic E-state index is 12.6. The maximum Gasteiger partial charge on any atom is 0.251 e. The van der Waals surface area contributed by atoms with Crippen molar-refractivity contribution in [2.45, 2.75) is 44.6 Å². The van der Waals surface area contributed by atoms with Gasteiger partial charge in [0.1, 0.15) is 0 Å². The highest BCUT2D eigenvalue weighted by Gasteiger charge is 2.27. The molecular formula is C21H26N2O3S. The highest BCUT2D eigenvalue weighted by atomic mass is 32.2. The molecule has 1 aliphatic rings. The first-order valence-electron chi connectivity index (χ1n) is 9.27. The summed E-state index contributed by atoms with van der Waals surface area (Å²) < 4.78 is 26.7. The number of hydrogen-bond donors (Lipinski definition) is 1. The zero-order valence-corrected chi connectivity index (χ0v) is 16.8. The van der Waals surface area contributed by atoms with E-state index in [-0.39, 0.29) is 16.8 Å². The Morgan fingerprint density at radius 2 is 1.67 bits per heavy atom. The van der Waals surface area contributed by atoms with Crippen molar-refractivity contribution in [1.29, 1.82) is 0 Å². The SMILES string of the molecule is Cc1ccc(C)c(C(C)NC(=O)c2ccc(S(=O)(=O)N3CCCC3)cc2)c1. The molecule has 1 N–H and O–H groups in total. The predicted molar refractivity (Wildman–Crippen MR) is 106 cm³/mol. The predicted octanol–water partition coefficient (Wildman–Crippen LogP) is 3.58. The summed E-state index contributed by atoms with van der Waals surface area (Å²) in [4.78, 5) is 12.8. The lowest BCUT2D eigenvalue weighted by Crippen LogP contribution is -2.28. The van der Waals surface area contributed by atoms with Gasteiger partial charge in [-0.3, -0.25) is 4.79 Å². The van der Waals surface area contributed by atoms with E-state index < -0.39 is 10.0 Å². The van der Waals surface area contributed by atoms with Crippen molar-refractivity contribution in [3.63, 3.8) is 0 Å². The lowest BCUT2D eigenvalue weighted by molar-refractivity contribution is 0.0939. The number of rotatable bonds is 5. The average Bonchev–Trinajstić information content (AvgIpc) is 3.19. The van der Waals surface area contributed by atoms with E-state index in [0.29, 0.717) is 18.7 Å². The first-order valence-corrected chi connectivity index (χ1v) is 10.7. The molecule has 0 bridgehead atoms. The van der Waals surface area contributed by atoms with E-state index in [2.05, 4.69) is 11.4 Å². The fourth-order valence-corrected chi connectivity index (χ4v) is 4.96. The second kappa shape index (κ2) is 7.82. The molecule has 2 aromatic carbocycles. The third kappa shape index (κ3) is 4.22. The molecule has 144 valence electrons. The van der Waals surface area contributed by atoms with E-state index in [4.69, 9.17) is 0 Å². The number of sulfonamides is 1. The molecule has 1 unspecified atom stereocenters. The molecular weight excluding hydrogens is 360 g/mol. The van der Waals surface area contributed by atoms with Gasteiger partial charge in [0.15, 0.2) is 0 Å². The summed E-state index contributed by atoms with van der Waals surface area (Å²) in [5.41, 5.74) is 3.80. The van der Waals surface area contributed by atoms with Crippen molar-refractivity contribution >= 4 is 15.9 Å². The topological polar surface area (TPSA) is 66.5 Å². The van der Waals surface area contributed by atoms with Crippen molar-refractivity contribution in [1.82, 2.24) is 9.62 Å². The minimum Gasteiger partial charge on any atom is -0.346 e. The van der Waals surface area contributed by atoms with E-state index in [9.17, 15) is 13.2 Å². The van der Waals surface area contributed by atoms with Crippen LogP contribution in [-0.4, -0.2) is 31.7 Å². The van der Waals surface area contributed by atoms with Crippen LogP contribution in [0.3, 0.4) is 0 Å². The number of hydrogen-bond acceptors (Lipinski definition) is 3. The lowest BCUT2D eigenvalue weighted by Gasteiger charge is -2.18. The smallest absolute Gasteiger partial charge is 0.251 e. The van der Waals surface area contributed by atoms with Crippen LogP contribution in [0.5, 0.6) is 0 Å². The minimum atomic E-state index is -3.46. The molecule has 1 fully saturated rings. The van der Waals surface area contributed by atoms with Gasteiger partial charge in [0.2, 0.25) is 10.0 Å². The molecule has 0 spiro atoms. The van der Waals surface area contributed by atoms with Gasteiger partial charge in [0, 0.05) is 18.7 Å². The number of aryl methyl sites for hydroxylation is 2. The highest BCUT2D eigenvalue weighted by Crippen LogP contribution is 2.22. The molecule has 0 aliphatic carbocycles. The van der Waals surface area contributed by atoms with Crippen molar-refractivity contribution in [2.24, 2.45) is 0 Å². The summed E-state index contributed by atoms with van der Waals surface area (Å²) in [6.45, 7) is 7.13.